The first-order valence-corrected chi connectivity index (χ1v) is 7.64. The number of carbonyl (C=O) groups is 1. The minimum Gasteiger partial charge on any atom is -0.322 e. The van der Waals surface area contributed by atoms with Gasteiger partial charge >= 0.3 is 5.76 Å². The van der Waals surface area contributed by atoms with Crippen LogP contribution in [0.15, 0.2) is 70.2 Å². The summed E-state index contributed by atoms with van der Waals surface area (Å²) in [4.78, 5) is 26.3. The van der Waals surface area contributed by atoms with Gasteiger partial charge in [-0.3, -0.25) is 14.3 Å². The maximum absolute atomic E-state index is 12.7. The molecule has 0 aliphatic carbocycles. The predicted molar refractivity (Wildman–Crippen MR) is 91.9 cm³/mol. The van der Waals surface area contributed by atoms with Gasteiger partial charge in [0.25, 0.3) is 5.91 Å². The van der Waals surface area contributed by atoms with E-state index in [4.69, 9.17) is 0 Å². The molecule has 0 bridgehead atoms. The number of nitrogens with one attached hydrogen (secondary N) is 2. The number of hydrogen-bond donors (Lipinski definition) is 2. The molecule has 9 heteroatoms. The minimum absolute atomic E-state index is 0.286. The van der Waals surface area contributed by atoms with Crippen LogP contribution in [0.25, 0.3) is 17.1 Å². The topological polar surface area (TPSA) is 119 Å². The zero-order chi connectivity index (χ0) is 17.9. The zero-order valence-corrected chi connectivity index (χ0v) is 13.3. The fourth-order valence-corrected chi connectivity index (χ4v) is 2.50. The Balaban J connectivity index is 1.63. The van der Waals surface area contributed by atoms with E-state index in [0.717, 1.165) is 0 Å². The van der Waals surface area contributed by atoms with Crippen LogP contribution in [0.2, 0.25) is 0 Å². The van der Waals surface area contributed by atoms with Crippen molar-refractivity contribution in [1.82, 2.24) is 25.1 Å². The molecule has 1 amide bonds. The Morgan fingerprint density at radius 3 is 2.81 bits per heavy atom. The Morgan fingerprint density at radius 2 is 2.04 bits per heavy atom. The number of aromatic amines is 1. The van der Waals surface area contributed by atoms with Gasteiger partial charge in [0.15, 0.2) is 5.82 Å². The summed E-state index contributed by atoms with van der Waals surface area (Å²) in [6.07, 6.45) is 3.20. The fraction of sp³-hybridized carbons (Fsp3) is 0. The summed E-state index contributed by atoms with van der Waals surface area (Å²) >= 11 is 0. The normalized spacial score (nSPS) is 10.6. The molecule has 128 valence electrons. The van der Waals surface area contributed by atoms with Crippen LogP contribution >= 0.6 is 0 Å². The molecule has 0 spiro atoms. The summed E-state index contributed by atoms with van der Waals surface area (Å²) in [5.41, 5.74) is 2.21. The number of H-pyrrole nitrogens is 1. The van der Waals surface area contributed by atoms with Gasteiger partial charge in [0, 0.05) is 11.3 Å². The first-order chi connectivity index (χ1) is 12.7. The minimum atomic E-state index is -0.642. The third-order valence-corrected chi connectivity index (χ3v) is 3.65. The first kappa shape index (κ1) is 15.5. The highest BCUT2D eigenvalue weighted by Gasteiger charge is 2.14. The molecule has 0 saturated heterocycles. The molecule has 9 nitrogen and oxygen atoms in total. The number of rotatable bonds is 4. The standard InChI is InChI=1S/C17H12N6O3/c24-16(13-6-1-2-7-14(13)23-9-8-18-22-23)19-12-5-3-4-11(10-12)15-20-17(25)26-21-15/h1-10H,(H,19,24)(H,20,21,25). The van der Waals surface area contributed by atoms with E-state index in [1.165, 1.54) is 10.9 Å². The van der Waals surface area contributed by atoms with Crippen LogP contribution in [0.3, 0.4) is 0 Å². The van der Waals surface area contributed by atoms with Crippen molar-refractivity contribution in [3.05, 3.63) is 77.0 Å². The van der Waals surface area contributed by atoms with Crippen molar-refractivity contribution in [1.29, 1.82) is 0 Å². The molecule has 2 heterocycles. The number of carbonyl (C=O) groups excluding carboxylic acids is 1. The van der Waals surface area contributed by atoms with Gasteiger partial charge in [-0.1, -0.05) is 34.6 Å². The number of amides is 1. The quantitative estimate of drug-likeness (QED) is 0.581. The summed E-state index contributed by atoms with van der Waals surface area (Å²) < 4.78 is 6.02. The van der Waals surface area contributed by atoms with Crippen LogP contribution in [0.1, 0.15) is 10.4 Å². The number of aromatic nitrogens is 5. The Labute approximate surface area is 146 Å². The van der Waals surface area contributed by atoms with Gasteiger partial charge in [0.2, 0.25) is 0 Å². The van der Waals surface area contributed by atoms with E-state index >= 15 is 0 Å². The molecule has 0 radical (unpaired) electrons. The van der Waals surface area contributed by atoms with Gasteiger partial charge in [0.05, 0.1) is 23.6 Å². The summed E-state index contributed by atoms with van der Waals surface area (Å²) in [6, 6.07) is 14.0. The fourth-order valence-electron chi connectivity index (χ4n) is 2.50. The van der Waals surface area contributed by atoms with Crippen molar-refractivity contribution < 1.29 is 9.32 Å². The number of nitrogens with zero attached hydrogens (tertiary/aromatic N) is 4. The second-order valence-corrected chi connectivity index (χ2v) is 5.34. The van der Waals surface area contributed by atoms with Gasteiger partial charge < -0.3 is 5.32 Å². The molecule has 2 N–H and O–H groups in total. The van der Waals surface area contributed by atoms with E-state index < -0.39 is 5.76 Å². The summed E-state index contributed by atoms with van der Waals surface area (Å²) in [5.74, 6) is -0.660. The second-order valence-electron chi connectivity index (χ2n) is 5.34. The SMILES string of the molecule is O=C(Nc1cccc(-c2noc(=O)[nH]2)c1)c1ccccc1-n1ccnn1. The lowest BCUT2D eigenvalue weighted by molar-refractivity contribution is 0.102. The second kappa shape index (κ2) is 6.48. The van der Waals surface area contributed by atoms with Gasteiger partial charge in [-0.2, -0.15) is 0 Å². The molecule has 2 aromatic heterocycles. The third kappa shape index (κ3) is 3.00. The van der Waals surface area contributed by atoms with Crippen molar-refractivity contribution in [3.8, 4) is 17.1 Å². The Morgan fingerprint density at radius 1 is 1.15 bits per heavy atom. The van der Waals surface area contributed by atoms with E-state index in [2.05, 4.69) is 30.3 Å². The lowest BCUT2D eigenvalue weighted by Gasteiger charge is -2.10. The van der Waals surface area contributed by atoms with Gasteiger partial charge in [-0.25, -0.2) is 9.48 Å². The number of para-hydroxylation sites is 1. The van der Waals surface area contributed by atoms with E-state index in [1.807, 2.05) is 6.07 Å². The van der Waals surface area contributed by atoms with E-state index in [0.29, 0.717) is 22.5 Å². The van der Waals surface area contributed by atoms with Gasteiger partial charge in [-0.05, 0) is 24.3 Å². The zero-order valence-electron chi connectivity index (χ0n) is 13.3. The maximum Gasteiger partial charge on any atom is 0.439 e. The average molecular weight is 348 g/mol. The Kier molecular flexibility index (Phi) is 3.86. The predicted octanol–water partition coefficient (Wildman–Crippen LogP) is 1.86. The molecule has 0 aliphatic heterocycles. The highest BCUT2D eigenvalue weighted by molar-refractivity contribution is 6.06. The maximum atomic E-state index is 12.7. The van der Waals surface area contributed by atoms with Crippen LogP contribution < -0.4 is 11.1 Å². The van der Waals surface area contributed by atoms with Crippen molar-refractivity contribution in [2.24, 2.45) is 0 Å². The van der Waals surface area contributed by atoms with Crippen LogP contribution in [-0.2, 0) is 0 Å². The molecule has 0 unspecified atom stereocenters. The highest BCUT2D eigenvalue weighted by atomic mass is 16.5. The first-order valence-electron chi connectivity index (χ1n) is 7.64. The molecule has 0 atom stereocenters. The van der Waals surface area contributed by atoms with E-state index in [1.54, 1.807) is 48.7 Å². The van der Waals surface area contributed by atoms with Crippen LogP contribution in [-0.4, -0.2) is 31.0 Å². The van der Waals surface area contributed by atoms with Crippen molar-refractivity contribution in [2.75, 3.05) is 5.32 Å². The van der Waals surface area contributed by atoms with Crippen molar-refractivity contribution in [3.63, 3.8) is 0 Å². The van der Waals surface area contributed by atoms with Crippen LogP contribution in [0, 0.1) is 0 Å². The van der Waals surface area contributed by atoms with Gasteiger partial charge in [0.1, 0.15) is 0 Å². The largest absolute Gasteiger partial charge is 0.439 e. The highest BCUT2D eigenvalue weighted by Crippen LogP contribution is 2.20. The Hall–Kier alpha value is -4.01. The molecule has 4 rings (SSSR count). The molecule has 0 fully saturated rings. The number of anilines is 1. The summed E-state index contributed by atoms with van der Waals surface area (Å²) in [5, 5.41) is 14.2. The molecule has 0 aliphatic rings. The summed E-state index contributed by atoms with van der Waals surface area (Å²) in [6.45, 7) is 0. The number of benzene rings is 2. The van der Waals surface area contributed by atoms with Crippen molar-refractivity contribution >= 4 is 11.6 Å². The van der Waals surface area contributed by atoms with Gasteiger partial charge in [-0.15, -0.1) is 5.10 Å². The van der Waals surface area contributed by atoms with Crippen LogP contribution in [0.5, 0.6) is 0 Å². The number of hydrogen-bond acceptors (Lipinski definition) is 6. The van der Waals surface area contributed by atoms with E-state index in [9.17, 15) is 9.59 Å². The molecule has 0 saturated carbocycles. The average Bonchev–Trinajstić information content (AvgIpc) is 3.34. The molecule has 4 aromatic rings. The summed E-state index contributed by atoms with van der Waals surface area (Å²) in [7, 11) is 0. The lowest BCUT2D eigenvalue weighted by Crippen LogP contribution is -2.15. The smallest absolute Gasteiger partial charge is 0.322 e. The lowest BCUT2D eigenvalue weighted by atomic mass is 10.1. The third-order valence-electron chi connectivity index (χ3n) is 3.65. The molecule has 26 heavy (non-hydrogen) atoms. The molecular weight excluding hydrogens is 336 g/mol. The molecular formula is C17H12N6O3. The molecule has 2 aromatic carbocycles. The van der Waals surface area contributed by atoms with Crippen molar-refractivity contribution in [2.45, 2.75) is 0 Å². The van der Waals surface area contributed by atoms with Crippen LogP contribution in [0.4, 0.5) is 5.69 Å². The monoisotopic (exact) mass is 348 g/mol. The van der Waals surface area contributed by atoms with E-state index in [-0.39, 0.29) is 11.7 Å². The Bertz CT molecular complexity index is 1110.